The molecule has 0 aromatic carbocycles. The zero-order valence-corrected chi connectivity index (χ0v) is 19.5. The molecule has 3 unspecified atom stereocenters. The minimum atomic E-state index is -1.18. The summed E-state index contributed by atoms with van der Waals surface area (Å²) in [6.45, 7) is 4.11. The minimum absolute atomic E-state index is 0.105. The van der Waals surface area contributed by atoms with Crippen LogP contribution in [-0.4, -0.2) is 72.5 Å². The van der Waals surface area contributed by atoms with E-state index >= 15 is 0 Å². The van der Waals surface area contributed by atoms with Crippen molar-refractivity contribution in [1.29, 1.82) is 0 Å². The lowest BCUT2D eigenvalue weighted by Gasteiger charge is -2.22. The van der Waals surface area contributed by atoms with E-state index in [-0.39, 0.29) is 37.8 Å². The van der Waals surface area contributed by atoms with E-state index in [2.05, 4.69) is 20.9 Å². The van der Waals surface area contributed by atoms with Crippen LogP contribution in [-0.2, 0) is 19.2 Å². The number of nitrogens with one attached hydrogen (secondary N) is 3. The minimum Gasteiger partial charge on any atom is -0.480 e. The number of amides is 3. The van der Waals surface area contributed by atoms with Gasteiger partial charge >= 0.3 is 5.97 Å². The molecule has 0 rings (SSSR count). The molecule has 0 bridgehead atoms. The highest BCUT2D eigenvalue weighted by Gasteiger charge is 2.26. The van der Waals surface area contributed by atoms with Crippen LogP contribution in [0.25, 0.3) is 0 Å². The van der Waals surface area contributed by atoms with Crippen LogP contribution in [0.15, 0.2) is 4.99 Å². The molecule has 0 aliphatic rings. The van der Waals surface area contributed by atoms with E-state index in [9.17, 15) is 24.3 Å². The van der Waals surface area contributed by atoms with Crippen LogP contribution in [0.2, 0.25) is 0 Å². The first-order chi connectivity index (χ1) is 15.5. The van der Waals surface area contributed by atoms with E-state index < -0.39 is 41.8 Å². The van der Waals surface area contributed by atoms with Gasteiger partial charge in [0.25, 0.3) is 0 Å². The molecule has 0 saturated carbocycles. The lowest BCUT2D eigenvalue weighted by atomic mass is 10.0. The first-order valence-electron chi connectivity index (χ1n) is 11.1. The first kappa shape index (κ1) is 30.1. The Morgan fingerprint density at radius 3 is 2.12 bits per heavy atom. The van der Waals surface area contributed by atoms with Crippen molar-refractivity contribution in [3.05, 3.63) is 0 Å². The fourth-order valence-electron chi connectivity index (χ4n) is 2.95. The van der Waals surface area contributed by atoms with Gasteiger partial charge in [-0.2, -0.15) is 0 Å². The van der Waals surface area contributed by atoms with Gasteiger partial charge in [0.2, 0.25) is 17.7 Å². The summed E-state index contributed by atoms with van der Waals surface area (Å²) in [6.07, 6.45) is 2.33. The van der Waals surface area contributed by atoms with Crippen molar-refractivity contribution in [3.63, 3.8) is 0 Å². The number of hydrogen-bond donors (Lipinski definition) is 8. The second-order valence-electron chi connectivity index (χ2n) is 8.21. The lowest BCUT2D eigenvalue weighted by molar-refractivity contribution is -0.142. The van der Waals surface area contributed by atoms with Crippen molar-refractivity contribution in [3.8, 4) is 0 Å². The zero-order chi connectivity index (χ0) is 25.4. The van der Waals surface area contributed by atoms with Gasteiger partial charge < -0.3 is 44.0 Å². The van der Waals surface area contributed by atoms with Gasteiger partial charge in [-0.05, 0) is 51.0 Å². The third kappa shape index (κ3) is 14.7. The molecule has 13 heteroatoms. The summed E-state index contributed by atoms with van der Waals surface area (Å²) >= 11 is 0. The number of rotatable bonds is 17. The van der Waals surface area contributed by atoms with E-state index in [1.807, 2.05) is 13.8 Å². The molecular formula is C20H40N8O5. The first-order valence-corrected chi connectivity index (χ1v) is 11.1. The molecule has 3 atom stereocenters. The average molecular weight is 473 g/mol. The summed E-state index contributed by atoms with van der Waals surface area (Å²) < 4.78 is 0. The Balaban J connectivity index is 5.03. The van der Waals surface area contributed by atoms with Crippen LogP contribution >= 0.6 is 0 Å². The number of carboxylic acid groups (broad SMARTS) is 1. The number of unbranched alkanes of at least 4 members (excludes halogenated alkanes) is 1. The van der Waals surface area contributed by atoms with Gasteiger partial charge in [-0.1, -0.05) is 13.8 Å². The summed E-state index contributed by atoms with van der Waals surface area (Å²) in [5.41, 5.74) is 21.8. The van der Waals surface area contributed by atoms with E-state index in [0.717, 1.165) is 0 Å². The molecule has 0 radical (unpaired) electrons. The molecule has 0 heterocycles. The maximum absolute atomic E-state index is 12.7. The highest BCUT2D eigenvalue weighted by Crippen LogP contribution is 2.05. The number of aliphatic carboxylic acids is 1. The number of guanidine groups is 1. The SMILES string of the molecule is CC(C)CC(N)C(=O)NCC(=O)NC(CCCN=C(N)N)C(=O)NC(CCCCN)C(=O)O. The summed E-state index contributed by atoms with van der Waals surface area (Å²) in [4.78, 5) is 52.4. The number of nitrogens with two attached hydrogens (primary N) is 4. The van der Waals surface area contributed by atoms with Crippen molar-refractivity contribution >= 4 is 29.7 Å². The molecular weight excluding hydrogens is 432 g/mol. The smallest absolute Gasteiger partial charge is 0.326 e. The van der Waals surface area contributed by atoms with Crippen LogP contribution in [0.5, 0.6) is 0 Å². The molecule has 0 saturated heterocycles. The Morgan fingerprint density at radius 2 is 1.58 bits per heavy atom. The highest BCUT2D eigenvalue weighted by atomic mass is 16.4. The molecule has 0 aliphatic heterocycles. The quantitative estimate of drug-likeness (QED) is 0.0644. The standard InChI is InChI=1S/C20H40N8O5/c1-12(2)10-13(22)17(30)26-11-16(29)27-14(7-5-9-25-20(23)24)18(31)28-15(19(32)33)6-3-4-8-21/h12-15H,3-11,21-22H2,1-2H3,(H,26,30)(H,27,29)(H,28,31)(H,32,33)(H4,23,24,25). The van der Waals surface area contributed by atoms with Gasteiger partial charge in [0.1, 0.15) is 12.1 Å². The van der Waals surface area contributed by atoms with Gasteiger partial charge in [0, 0.05) is 6.54 Å². The van der Waals surface area contributed by atoms with E-state index in [1.54, 1.807) is 0 Å². The maximum atomic E-state index is 12.7. The number of carbonyl (C=O) groups excluding carboxylic acids is 3. The fourth-order valence-corrected chi connectivity index (χ4v) is 2.95. The number of hydrogen-bond acceptors (Lipinski definition) is 7. The molecule has 0 aromatic rings. The third-order valence-corrected chi connectivity index (χ3v) is 4.64. The highest BCUT2D eigenvalue weighted by molar-refractivity contribution is 5.92. The van der Waals surface area contributed by atoms with Crippen LogP contribution in [0, 0.1) is 5.92 Å². The Hall–Kier alpha value is -2.93. The normalized spacial score (nSPS) is 13.5. The molecule has 190 valence electrons. The monoisotopic (exact) mass is 472 g/mol. The molecule has 13 nitrogen and oxygen atoms in total. The van der Waals surface area contributed by atoms with Crippen molar-refractivity contribution in [2.24, 2.45) is 33.8 Å². The number of carboxylic acids is 1. The molecule has 33 heavy (non-hydrogen) atoms. The fraction of sp³-hybridized carbons (Fsp3) is 0.750. The molecule has 0 aromatic heterocycles. The van der Waals surface area contributed by atoms with Gasteiger partial charge in [0.15, 0.2) is 5.96 Å². The van der Waals surface area contributed by atoms with Crippen molar-refractivity contribution < 1.29 is 24.3 Å². The van der Waals surface area contributed by atoms with E-state index in [4.69, 9.17) is 22.9 Å². The third-order valence-electron chi connectivity index (χ3n) is 4.64. The van der Waals surface area contributed by atoms with Gasteiger partial charge in [0.05, 0.1) is 12.6 Å². The zero-order valence-electron chi connectivity index (χ0n) is 19.5. The maximum Gasteiger partial charge on any atom is 0.326 e. The van der Waals surface area contributed by atoms with Gasteiger partial charge in [-0.15, -0.1) is 0 Å². The second-order valence-corrected chi connectivity index (χ2v) is 8.21. The van der Waals surface area contributed by atoms with E-state index in [0.29, 0.717) is 32.2 Å². The molecule has 12 N–H and O–H groups in total. The summed E-state index contributed by atoms with van der Waals surface area (Å²) in [5.74, 6) is -2.82. The summed E-state index contributed by atoms with van der Waals surface area (Å²) in [7, 11) is 0. The Morgan fingerprint density at radius 1 is 0.939 bits per heavy atom. The number of nitrogens with zero attached hydrogens (tertiary/aromatic N) is 1. The number of carbonyl (C=O) groups is 4. The average Bonchev–Trinajstić information content (AvgIpc) is 2.72. The predicted octanol–water partition coefficient (Wildman–Crippen LogP) is -2.29. The summed E-state index contributed by atoms with van der Waals surface area (Å²) in [6, 6.07) is -2.90. The molecule has 0 aliphatic carbocycles. The Kier molecular flexibility index (Phi) is 15.2. The Labute approximate surface area is 194 Å². The van der Waals surface area contributed by atoms with Crippen LogP contribution in [0.3, 0.4) is 0 Å². The van der Waals surface area contributed by atoms with E-state index in [1.165, 1.54) is 0 Å². The van der Waals surface area contributed by atoms with Crippen molar-refractivity contribution in [2.75, 3.05) is 19.6 Å². The van der Waals surface area contributed by atoms with Crippen LogP contribution in [0.1, 0.15) is 52.4 Å². The van der Waals surface area contributed by atoms with Crippen LogP contribution in [0.4, 0.5) is 0 Å². The van der Waals surface area contributed by atoms with Crippen LogP contribution < -0.4 is 38.9 Å². The summed E-state index contributed by atoms with van der Waals surface area (Å²) in [5, 5.41) is 16.8. The number of aliphatic imine (C=N–C) groups is 1. The molecule has 3 amide bonds. The largest absolute Gasteiger partial charge is 0.480 e. The Bertz CT molecular complexity index is 667. The topological polar surface area (TPSA) is 241 Å². The van der Waals surface area contributed by atoms with Crippen molar-refractivity contribution in [1.82, 2.24) is 16.0 Å². The second kappa shape index (κ2) is 16.7. The van der Waals surface area contributed by atoms with Gasteiger partial charge in [-0.25, -0.2) is 4.79 Å². The lowest BCUT2D eigenvalue weighted by Crippen LogP contribution is -2.53. The molecule has 0 spiro atoms. The predicted molar refractivity (Wildman–Crippen MR) is 125 cm³/mol. The molecule has 0 fully saturated rings. The van der Waals surface area contributed by atoms with Crippen molar-refractivity contribution in [2.45, 2.75) is 70.5 Å². The van der Waals surface area contributed by atoms with Gasteiger partial charge in [-0.3, -0.25) is 19.4 Å².